The standard InChI is InChI=1S/C14H23N3O4/c18-12-9-17(11(8-16-12)13(19)20)14(21)15-7-3-6-10-4-1-2-5-10/h10-11H,1-9H2,(H,15,21)(H,16,18)(H,19,20). The van der Waals surface area contributed by atoms with Crippen LogP contribution in [0.4, 0.5) is 4.79 Å². The molecule has 0 spiro atoms. The highest BCUT2D eigenvalue weighted by Gasteiger charge is 2.35. The molecule has 118 valence electrons. The van der Waals surface area contributed by atoms with E-state index in [1.54, 1.807) is 0 Å². The number of carboxylic acids is 1. The first kappa shape index (κ1) is 15.6. The molecule has 1 atom stereocenters. The zero-order valence-corrected chi connectivity index (χ0v) is 12.1. The second kappa shape index (κ2) is 7.28. The van der Waals surface area contributed by atoms with E-state index < -0.39 is 18.0 Å². The molecule has 2 rings (SSSR count). The quantitative estimate of drug-likeness (QED) is 0.645. The molecule has 1 unspecified atom stereocenters. The molecular weight excluding hydrogens is 274 g/mol. The summed E-state index contributed by atoms with van der Waals surface area (Å²) in [5, 5.41) is 14.3. The fourth-order valence-electron chi connectivity index (χ4n) is 3.06. The average Bonchev–Trinajstić information content (AvgIpc) is 2.96. The van der Waals surface area contributed by atoms with Crippen molar-refractivity contribution in [3.63, 3.8) is 0 Å². The van der Waals surface area contributed by atoms with Gasteiger partial charge in [-0.3, -0.25) is 9.69 Å². The third kappa shape index (κ3) is 4.34. The van der Waals surface area contributed by atoms with Crippen LogP contribution in [0.25, 0.3) is 0 Å². The van der Waals surface area contributed by atoms with Gasteiger partial charge in [0.15, 0.2) is 0 Å². The molecule has 7 heteroatoms. The van der Waals surface area contributed by atoms with Crippen LogP contribution in [0, 0.1) is 5.92 Å². The summed E-state index contributed by atoms with van der Waals surface area (Å²) in [7, 11) is 0. The van der Waals surface area contributed by atoms with Gasteiger partial charge < -0.3 is 15.7 Å². The van der Waals surface area contributed by atoms with E-state index >= 15 is 0 Å². The molecule has 1 heterocycles. The van der Waals surface area contributed by atoms with Crippen molar-refractivity contribution in [2.24, 2.45) is 5.92 Å². The van der Waals surface area contributed by atoms with Crippen molar-refractivity contribution in [2.75, 3.05) is 19.6 Å². The van der Waals surface area contributed by atoms with Gasteiger partial charge in [0, 0.05) is 13.1 Å². The normalized spacial score (nSPS) is 23.0. The van der Waals surface area contributed by atoms with E-state index in [-0.39, 0.29) is 19.0 Å². The number of carbonyl (C=O) groups is 3. The fraction of sp³-hybridized carbons (Fsp3) is 0.786. The minimum absolute atomic E-state index is 0.0380. The van der Waals surface area contributed by atoms with E-state index in [9.17, 15) is 14.4 Å². The predicted molar refractivity (Wildman–Crippen MR) is 75.7 cm³/mol. The number of amides is 3. The molecule has 0 bridgehead atoms. The molecular formula is C14H23N3O4. The molecule has 0 aromatic heterocycles. The molecule has 0 aromatic rings. The maximum Gasteiger partial charge on any atom is 0.328 e. The van der Waals surface area contributed by atoms with Crippen LogP contribution < -0.4 is 10.6 Å². The van der Waals surface area contributed by atoms with Crippen molar-refractivity contribution in [3.8, 4) is 0 Å². The largest absolute Gasteiger partial charge is 0.480 e. The fourth-order valence-corrected chi connectivity index (χ4v) is 3.06. The number of aliphatic carboxylic acids is 1. The van der Waals surface area contributed by atoms with Crippen LogP contribution in [0.1, 0.15) is 38.5 Å². The number of piperazine rings is 1. The third-order valence-electron chi connectivity index (χ3n) is 4.27. The van der Waals surface area contributed by atoms with Crippen LogP contribution in [0.5, 0.6) is 0 Å². The lowest BCUT2D eigenvalue weighted by Gasteiger charge is -2.32. The van der Waals surface area contributed by atoms with Gasteiger partial charge in [-0.2, -0.15) is 0 Å². The predicted octanol–water partition coefficient (Wildman–Crippen LogP) is 0.551. The molecule has 2 aliphatic rings. The van der Waals surface area contributed by atoms with Crippen LogP contribution in [0.2, 0.25) is 0 Å². The second-order valence-corrected chi connectivity index (χ2v) is 5.81. The Balaban J connectivity index is 1.74. The Morgan fingerprint density at radius 3 is 2.71 bits per heavy atom. The molecule has 1 saturated carbocycles. The van der Waals surface area contributed by atoms with Crippen LogP contribution in [0.15, 0.2) is 0 Å². The minimum atomic E-state index is -1.10. The van der Waals surface area contributed by atoms with Crippen LogP contribution >= 0.6 is 0 Å². The summed E-state index contributed by atoms with van der Waals surface area (Å²) in [5.41, 5.74) is 0. The Morgan fingerprint density at radius 2 is 2.05 bits per heavy atom. The molecule has 21 heavy (non-hydrogen) atoms. The van der Waals surface area contributed by atoms with Crippen molar-refractivity contribution >= 4 is 17.9 Å². The summed E-state index contributed by atoms with van der Waals surface area (Å²) in [6.07, 6.45) is 7.17. The maximum absolute atomic E-state index is 12.0. The highest BCUT2D eigenvalue weighted by atomic mass is 16.4. The lowest BCUT2D eigenvalue weighted by atomic mass is 10.0. The average molecular weight is 297 g/mol. The Bertz CT molecular complexity index is 407. The number of rotatable bonds is 5. The van der Waals surface area contributed by atoms with Gasteiger partial charge in [0.1, 0.15) is 12.6 Å². The van der Waals surface area contributed by atoms with Gasteiger partial charge in [-0.15, -0.1) is 0 Å². The number of nitrogens with zero attached hydrogens (tertiary/aromatic N) is 1. The zero-order chi connectivity index (χ0) is 15.2. The Morgan fingerprint density at radius 1 is 1.33 bits per heavy atom. The monoisotopic (exact) mass is 297 g/mol. The number of carboxylic acid groups (broad SMARTS) is 1. The number of hydrogen-bond acceptors (Lipinski definition) is 3. The summed E-state index contributed by atoms with van der Waals surface area (Å²) in [6.45, 7) is 0.287. The summed E-state index contributed by atoms with van der Waals surface area (Å²) in [5.74, 6) is -0.654. The number of hydrogen-bond donors (Lipinski definition) is 3. The molecule has 1 aliphatic heterocycles. The topological polar surface area (TPSA) is 98.7 Å². The van der Waals surface area contributed by atoms with Gasteiger partial charge in [0.05, 0.1) is 0 Å². The van der Waals surface area contributed by atoms with Crippen molar-refractivity contribution in [1.29, 1.82) is 0 Å². The van der Waals surface area contributed by atoms with Gasteiger partial charge in [-0.25, -0.2) is 9.59 Å². The molecule has 0 radical (unpaired) electrons. The number of nitrogens with one attached hydrogen (secondary N) is 2. The van der Waals surface area contributed by atoms with Crippen molar-refractivity contribution in [2.45, 2.75) is 44.6 Å². The van der Waals surface area contributed by atoms with Gasteiger partial charge in [0.2, 0.25) is 5.91 Å². The first-order valence-electron chi connectivity index (χ1n) is 7.62. The van der Waals surface area contributed by atoms with Crippen LogP contribution in [-0.2, 0) is 9.59 Å². The first-order chi connectivity index (χ1) is 10.1. The highest BCUT2D eigenvalue weighted by Crippen LogP contribution is 2.28. The lowest BCUT2D eigenvalue weighted by Crippen LogP contribution is -2.61. The Kier molecular flexibility index (Phi) is 5.41. The van der Waals surface area contributed by atoms with Crippen molar-refractivity contribution < 1.29 is 19.5 Å². The van der Waals surface area contributed by atoms with Gasteiger partial charge >= 0.3 is 12.0 Å². The maximum atomic E-state index is 12.0. The highest BCUT2D eigenvalue weighted by molar-refractivity contribution is 5.90. The Hall–Kier alpha value is -1.79. The summed E-state index contributed by atoms with van der Waals surface area (Å²) >= 11 is 0. The molecule has 0 aromatic carbocycles. The molecule has 3 N–H and O–H groups in total. The smallest absolute Gasteiger partial charge is 0.328 e. The van der Waals surface area contributed by atoms with E-state index in [2.05, 4.69) is 10.6 Å². The summed E-state index contributed by atoms with van der Waals surface area (Å²) < 4.78 is 0. The van der Waals surface area contributed by atoms with E-state index in [1.807, 2.05) is 0 Å². The Labute approximate surface area is 124 Å². The van der Waals surface area contributed by atoms with E-state index in [0.29, 0.717) is 6.54 Å². The van der Waals surface area contributed by atoms with Crippen LogP contribution in [0.3, 0.4) is 0 Å². The summed E-state index contributed by atoms with van der Waals surface area (Å²) in [4.78, 5) is 35.6. The van der Waals surface area contributed by atoms with E-state index in [4.69, 9.17) is 5.11 Å². The molecule has 1 aliphatic carbocycles. The van der Waals surface area contributed by atoms with Gasteiger partial charge in [-0.1, -0.05) is 25.7 Å². The second-order valence-electron chi connectivity index (χ2n) is 5.81. The number of carbonyl (C=O) groups excluding carboxylic acids is 2. The summed E-state index contributed by atoms with van der Waals surface area (Å²) in [6, 6.07) is -1.46. The SMILES string of the molecule is O=C1CN(C(=O)NCCCC2CCCC2)C(C(=O)O)CN1. The first-order valence-corrected chi connectivity index (χ1v) is 7.62. The van der Waals surface area contributed by atoms with Crippen molar-refractivity contribution in [3.05, 3.63) is 0 Å². The minimum Gasteiger partial charge on any atom is -0.480 e. The van der Waals surface area contributed by atoms with E-state index in [0.717, 1.165) is 23.7 Å². The molecule has 2 fully saturated rings. The van der Waals surface area contributed by atoms with Crippen molar-refractivity contribution in [1.82, 2.24) is 15.5 Å². The van der Waals surface area contributed by atoms with Gasteiger partial charge in [0.25, 0.3) is 0 Å². The van der Waals surface area contributed by atoms with Gasteiger partial charge in [-0.05, 0) is 18.8 Å². The van der Waals surface area contributed by atoms with E-state index in [1.165, 1.54) is 25.7 Å². The number of urea groups is 1. The van der Waals surface area contributed by atoms with Crippen LogP contribution in [-0.4, -0.2) is 53.6 Å². The third-order valence-corrected chi connectivity index (χ3v) is 4.27. The lowest BCUT2D eigenvalue weighted by molar-refractivity contribution is -0.144. The molecule has 7 nitrogen and oxygen atoms in total. The molecule has 3 amide bonds. The molecule has 1 saturated heterocycles. The zero-order valence-electron chi connectivity index (χ0n) is 12.1.